The third kappa shape index (κ3) is 3.64. The van der Waals surface area contributed by atoms with Gasteiger partial charge in [0.2, 0.25) is 0 Å². The normalized spacial score (nSPS) is 26.3. The number of hydrogen-bond donors (Lipinski definition) is 2. The molecule has 0 aromatic carbocycles. The molecule has 1 fully saturated rings. The molecule has 0 unspecified atom stereocenters. The molecule has 1 saturated heterocycles. The van der Waals surface area contributed by atoms with Crippen LogP contribution in [0.2, 0.25) is 0 Å². The molecule has 1 heterocycles. The molecule has 0 aromatic rings. The topological polar surface area (TPSA) is 61.8 Å². The van der Waals surface area contributed by atoms with E-state index < -0.39 is 11.7 Å². The molecular formula is C11H22N2O3. The minimum absolute atomic E-state index is 0.156. The van der Waals surface area contributed by atoms with E-state index in [-0.39, 0.29) is 12.1 Å². The molecule has 2 N–H and O–H groups in total. The van der Waals surface area contributed by atoms with Gasteiger partial charge in [0.1, 0.15) is 5.60 Å². The third-order valence-electron chi connectivity index (χ3n) is 2.59. The van der Waals surface area contributed by atoms with Gasteiger partial charge in [0, 0.05) is 13.6 Å². The highest BCUT2D eigenvalue weighted by atomic mass is 16.6. The highest BCUT2D eigenvalue weighted by molar-refractivity contribution is 5.68. The number of piperidine rings is 1. The number of β-amino-alcohol motifs (C(OH)–C–C–N with tert-alkyl or cyclic N) is 1. The van der Waals surface area contributed by atoms with Crippen molar-refractivity contribution in [1.82, 2.24) is 10.2 Å². The number of nitrogens with one attached hydrogen (secondary N) is 1. The minimum Gasteiger partial charge on any atom is -0.444 e. The van der Waals surface area contributed by atoms with Crippen molar-refractivity contribution in [2.45, 2.75) is 44.9 Å². The van der Waals surface area contributed by atoms with Crippen LogP contribution < -0.4 is 5.32 Å². The Hall–Kier alpha value is -0.810. The van der Waals surface area contributed by atoms with Gasteiger partial charge in [-0.1, -0.05) is 0 Å². The van der Waals surface area contributed by atoms with Gasteiger partial charge in [-0.05, 0) is 33.7 Å². The maximum Gasteiger partial charge on any atom is 0.410 e. The fourth-order valence-corrected chi connectivity index (χ4v) is 1.75. The zero-order chi connectivity index (χ0) is 12.3. The van der Waals surface area contributed by atoms with Crippen molar-refractivity contribution >= 4 is 6.09 Å². The lowest BCUT2D eigenvalue weighted by atomic mass is 10.0. The Bertz CT molecular complexity index is 250. The molecule has 16 heavy (non-hydrogen) atoms. The first kappa shape index (κ1) is 13.3. The predicted octanol–water partition coefficient (Wildman–Crippen LogP) is 0.576. The molecule has 94 valence electrons. The van der Waals surface area contributed by atoms with E-state index in [0.717, 1.165) is 13.0 Å². The van der Waals surface area contributed by atoms with E-state index in [4.69, 9.17) is 4.74 Å². The Labute approximate surface area is 96.8 Å². The maximum absolute atomic E-state index is 11.8. The standard InChI is InChI=1S/C11H22N2O3/c1-11(2,3)16-10(15)13(4)8-5-6-12-7-9(8)14/h8-9,12,14H,5-7H2,1-4H3/t8-,9-/m0/s1. The number of rotatable bonds is 1. The smallest absolute Gasteiger partial charge is 0.410 e. The van der Waals surface area contributed by atoms with Gasteiger partial charge in [0.15, 0.2) is 0 Å². The van der Waals surface area contributed by atoms with Gasteiger partial charge in [-0.3, -0.25) is 0 Å². The fraction of sp³-hybridized carbons (Fsp3) is 0.909. The number of aliphatic hydroxyl groups is 1. The molecular weight excluding hydrogens is 208 g/mol. The quantitative estimate of drug-likeness (QED) is 0.691. The second-order valence-electron chi connectivity index (χ2n) is 5.22. The van der Waals surface area contributed by atoms with Crippen LogP contribution >= 0.6 is 0 Å². The van der Waals surface area contributed by atoms with Crippen LogP contribution in [0.1, 0.15) is 27.2 Å². The van der Waals surface area contributed by atoms with E-state index in [1.165, 1.54) is 4.90 Å². The molecule has 1 rings (SSSR count). The van der Waals surface area contributed by atoms with Crippen LogP contribution in [0.4, 0.5) is 4.79 Å². The molecule has 1 amide bonds. The zero-order valence-electron chi connectivity index (χ0n) is 10.5. The van der Waals surface area contributed by atoms with Crippen molar-refractivity contribution < 1.29 is 14.6 Å². The molecule has 0 spiro atoms. The maximum atomic E-state index is 11.8. The number of nitrogens with zero attached hydrogens (tertiary/aromatic N) is 1. The molecule has 0 aliphatic carbocycles. The Morgan fingerprint density at radius 3 is 2.62 bits per heavy atom. The SMILES string of the molecule is CN(C(=O)OC(C)(C)C)[C@H]1CCNC[C@@H]1O. The largest absolute Gasteiger partial charge is 0.444 e. The fourth-order valence-electron chi connectivity index (χ4n) is 1.75. The number of ether oxygens (including phenoxy) is 1. The van der Waals surface area contributed by atoms with Crippen molar-refractivity contribution in [3.05, 3.63) is 0 Å². The lowest BCUT2D eigenvalue weighted by molar-refractivity contribution is -0.00463. The average molecular weight is 230 g/mol. The first-order chi connectivity index (χ1) is 7.31. The van der Waals surface area contributed by atoms with Crippen molar-refractivity contribution in [2.24, 2.45) is 0 Å². The second kappa shape index (κ2) is 5.01. The van der Waals surface area contributed by atoms with Gasteiger partial charge < -0.3 is 20.1 Å². The van der Waals surface area contributed by atoms with Gasteiger partial charge in [0.25, 0.3) is 0 Å². The predicted molar refractivity (Wildman–Crippen MR) is 61.3 cm³/mol. The summed E-state index contributed by atoms with van der Waals surface area (Å²) in [5, 5.41) is 12.9. The van der Waals surface area contributed by atoms with E-state index >= 15 is 0 Å². The zero-order valence-corrected chi connectivity index (χ0v) is 10.5. The summed E-state index contributed by atoms with van der Waals surface area (Å²) in [7, 11) is 1.67. The first-order valence-electron chi connectivity index (χ1n) is 5.66. The summed E-state index contributed by atoms with van der Waals surface area (Å²) in [6.45, 7) is 6.83. The van der Waals surface area contributed by atoms with Gasteiger partial charge in [0.05, 0.1) is 12.1 Å². The summed E-state index contributed by atoms with van der Waals surface area (Å²) in [5.74, 6) is 0. The molecule has 0 bridgehead atoms. The highest BCUT2D eigenvalue weighted by Gasteiger charge is 2.31. The number of likely N-dealkylation sites (N-methyl/N-ethyl adjacent to an activating group) is 1. The Morgan fingerprint density at radius 2 is 2.12 bits per heavy atom. The van der Waals surface area contributed by atoms with Crippen molar-refractivity contribution in [1.29, 1.82) is 0 Å². The van der Waals surface area contributed by atoms with Crippen molar-refractivity contribution in [3.63, 3.8) is 0 Å². The number of aliphatic hydroxyl groups excluding tert-OH is 1. The molecule has 0 saturated carbocycles. The van der Waals surface area contributed by atoms with E-state index in [9.17, 15) is 9.90 Å². The van der Waals surface area contributed by atoms with Crippen LogP contribution in [0.5, 0.6) is 0 Å². The summed E-state index contributed by atoms with van der Waals surface area (Å²) < 4.78 is 5.26. The van der Waals surface area contributed by atoms with Gasteiger partial charge in [-0.15, -0.1) is 0 Å². The van der Waals surface area contributed by atoms with E-state index in [0.29, 0.717) is 6.54 Å². The van der Waals surface area contributed by atoms with E-state index in [1.54, 1.807) is 7.05 Å². The summed E-state index contributed by atoms with van der Waals surface area (Å²) in [4.78, 5) is 13.3. The van der Waals surface area contributed by atoms with Crippen LogP contribution in [0, 0.1) is 0 Å². The van der Waals surface area contributed by atoms with E-state index in [2.05, 4.69) is 5.32 Å². The average Bonchev–Trinajstić information content (AvgIpc) is 2.15. The third-order valence-corrected chi connectivity index (χ3v) is 2.59. The van der Waals surface area contributed by atoms with Gasteiger partial charge in [-0.25, -0.2) is 4.79 Å². The van der Waals surface area contributed by atoms with E-state index in [1.807, 2.05) is 20.8 Å². The Balaban J connectivity index is 2.55. The molecule has 0 aromatic heterocycles. The highest BCUT2D eigenvalue weighted by Crippen LogP contribution is 2.15. The summed E-state index contributed by atoms with van der Waals surface area (Å²) in [5.41, 5.74) is -0.497. The van der Waals surface area contributed by atoms with Crippen molar-refractivity contribution in [3.8, 4) is 0 Å². The summed E-state index contributed by atoms with van der Waals surface area (Å²) in [6.07, 6.45) is -0.151. The van der Waals surface area contributed by atoms with Gasteiger partial charge >= 0.3 is 6.09 Å². The minimum atomic E-state index is -0.522. The van der Waals surface area contributed by atoms with Crippen LogP contribution in [-0.2, 0) is 4.74 Å². The number of hydrogen-bond acceptors (Lipinski definition) is 4. The van der Waals surface area contributed by atoms with Crippen LogP contribution in [-0.4, -0.2) is 54.0 Å². The summed E-state index contributed by atoms with van der Waals surface area (Å²) >= 11 is 0. The number of amides is 1. The molecule has 0 radical (unpaired) electrons. The number of carbonyl (C=O) groups excluding carboxylic acids is 1. The Morgan fingerprint density at radius 1 is 1.50 bits per heavy atom. The summed E-state index contributed by atoms with van der Waals surface area (Å²) in [6, 6.07) is -0.156. The van der Waals surface area contributed by atoms with Crippen LogP contribution in [0.3, 0.4) is 0 Å². The monoisotopic (exact) mass is 230 g/mol. The van der Waals surface area contributed by atoms with Gasteiger partial charge in [-0.2, -0.15) is 0 Å². The molecule has 5 nitrogen and oxygen atoms in total. The van der Waals surface area contributed by atoms with Crippen LogP contribution in [0.15, 0.2) is 0 Å². The lowest BCUT2D eigenvalue weighted by Gasteiger charge is -2.36. The lowest BCUT2D eigenvalue weighted by Crippen LogP contribution is -2.54. The van der Waals surface area contributed by atoms with Crippen LogP contribution in [0.25, 0.3) is 0 Å². The van der Waals surface area contributed by atoms with Crippen molar-refractivity contribution in [2.75, 3.05) is 20.1 Å². The molecule has 1 aliphatic heterocycles. The number of carbonyl (C=O) groups is 1. The first-order valence-corrected chi connectivity index (χ1v) is 5.66. The molecule has 5 heteroatoms. The molecule has 1 aliphatic rings. The Kier molecular flexibility index (Phi) is 4.15. The second-order valence-corrected chi connectivity index (χ2v) is 5.22. The molecule has 2 atom stereocenters.